The molecule has 3 aromatic rings. The van der Waals surface area contributed by atoms with Crippen LogP contribution >= 0.6 is 11.6 Å². The SMILES string of the molecule is [O-][n+]1c(CCl)nc2ccc3c(c2c1-c1ccc2c(c1)OCO2)OCO3. The predicted molar refractivity (Wildman–Crippen MR) is 87.9 cm³/mol. The van der Waals surface area contributed by atoms with Crippen LogP contribution < -0.4 is 23.7 Å². The molecule has 8 heteroatoms. The zero-order chi connectivity index (χ0) is 17.0. The van der Waals surface area contributed by atoms with Crippen LogP contribution in [0.5, 0.6) is 23.0 Å². The third-order valence-corrected chi connectivity index (χ3v) is 4.45. The van der Waals surface area contributed by atoms with Crippen molar-refractivity contribution in [3.8, 4) is 34.3 Å². The molecule has 3 heterocycles. The molecule has 0 unspecified atom stereocenters. The van der Waals surface area contributed by atoms with E-state index in [4.69, 9.17) is 30.5 Å². The Morgan fingerprint density at radius 3 is 2.64 bits per heavy atom. The lowest BCUT2D eigenvalue weighted by molar-refractivity contribution is -0.603. The van der Waals surface area contributed by atoms with Crippen LogP contribution in [0.4, 0.5) is 0 Å². The number of benzene rings is 2. The van der Waals surface area contributed by atoms with E-state index in [9.17, 15) is 5.21 Å². The van der Waals surface area contributed by atoms with E-state index < -0.39 is 0 Å². The number of hydrogen-bond donors (Lipinski definition) is 0. The summed E-state index contributed by atoms with van der Waals surface area (Å²) in [6.45, 7) is 0.262. The first-order valence-corrected chi connectivity index (χ1v) is 8.10. The minimum atomic E-state index is -0.00850. The molecule has 0 N–H and O–H groups in total. The zero-order valence-corrected chi connectivity index (χ0v) is 13.6. The van der Waals surface area contributed by atoms with Gasteiger partial charge in [0, 0.05) is 5.56 Å². The quantitative estimate of drug-likeness (QED) is 0.398. The van der Waals surface area contributed by atoms with Gasteiger partial charge in [-0.2, -0.15) is 0 Å². The Morgan fingerprint density at radius 2 is 1.76 bits per heavy atom. The van der Waals surface area contributed by atoms with Gasteiger partial charge in [0.05, 0.1) is 0 Å². The lowest BCUT2D eigenvalue weighted by Crippen LogP contribution is -2.35. The Morgan fingerprint density at radius 1 is 1.00 bits per heavy atom. The molecule has 0 saturated carbocycles. The molecule has 126 valence electrons. The number of halogens is 1. The van der Waals surface area contributed by atoms with Crippen molar-refractivity contribution < 1.29 is 23.7 Å². The van der Waals surface area contributed by atoms with Crippen LogP contribution in [0.1, 0.15) is 5.82 Å². The molecule has 0 spiro atoms. The molecule has 0 fully saturated rings. The molecule has 0 atom stereocenters. The second kappa shape index (κ2) is 5.29. The summed E-state index contributed by atoms with van der Waals surface area (Å²) in [5.41, 5.74) is 1.66. The maximum Gasteiger partial charge on any atom is 0.317 e. The molecule has 25 heavy (non-hydrogen) atoms. The third-order valence-electron chi connectivity index (χ3n) is 4.21. The molecular weight excluding hydrogens is 348 g/mol. The first-order chi connectivity index (χ1) is 12.3. The van der Waals surface area contributed by atoms with Gasteiger partial charge in [-0.25, -0.2) is 4.73 Å². The summed E-state index contributed by atoms with van der Waals surface area (Å²) in [4.78, 5) is 4.36. The van der Waals surface area contributed by atoms with Crippen LogP contribution in [0, 0.1) is 5.21 Å². The minimum absolute atomic E-state index is 0.00850. The van der Waals surface area contributed by atoms with Crippen molar-refractivity contribution in [1.82, 2.24) is 4.98 Å². The van der Waals surface area contributed by atoms with Crippen LogP contribution in [-0.4, -0.2) is 18.6 Å². The van der Waals surface area contributed by atoms with E-state index in [-0.39, 0.29) is 25.3 Å². The van der Waals surface area contributed by atoms with Gasteiger partial charge in [-0.05, 0) is 35.3 Å². The van der Waals surface area contributed by atoms with Crippen LogP contribution in [-0.2, 0) is 5.88 Å². The van der Waals surface area contributed by atoms with Crippen molar-refractivity contribution in [1.29, 1.82) is 0 Å². The number of rotatable bonds is 2. The summed E-state index contributed by atoms with van der Waals surface area (Å²) in [5, 5.41) is 13.5. The standard InChI is InChI=1S/C17H11ClN2O5/c18-6-14-19-10-2-4-12-17(25-8-23-12)15(10)16(20(14)21)9-1-3-11-13(5-9)24-7-22-11/h1-5H,6-8H2. The van der Waals surface area contributed by atoms with Crippen molar-refractivity contribution in [2.24, 2.45) is 0 Å². The van der Waals surface area contributed by atoms with Crippen molar-refractivity contribution in [3.63, 3.8) is 0 Å². The molecule has 0 aliphatic carbocycles. The fourth-order valence-corrected chi connectivity index (χ4v) is 3.26. The Labute approximate surface area is 146 Å². The van der Waals surface area contributed by atoms with Gasteiger partial charge in [-0.1, -0.05) is 0 Å². The van der Waals surface area contributed by atoms with Gasteiger partial charge in [0.15, 0.2) is 34.2 Å². The van der Waals surface area contributed by atoms with Gasteiger partial charge in [-0.15, -0.1) is 11.6 Å². The lowest BCUT2D eigenvalue weighted by Gasteiger charge is -2.15. The summed E-state index contributed by atoms with van der Waals surface area (Å²) >= 11 is 5.92. The molecule has 0 radical (unpaired) electrons. The number of ether oxygens (including phenoxy) is 4. The lowest BCUT2D eigenvalue weighted by atomic mass is 10.0. The summed E-state index contributed by atoms with van der Waals surface area (Å²) < 4.78 is 22.5. The van der Waals surface area contributed by atoms with Crippen LogP contribution in [0.3, 0.4) is 0 Å². The van der Waals surface area contributed by atoms with E-state index in [0.717, 1.165) is 4.73 Å². The Kier molecular flexibility index (Phi) is 3.05. The normalized spacial score (nSPS) is 14.3. The van der Waals surface area contributed by atoms with Crippen LogP contribution in [0.2, 0.25) is 0 Å². The third kappa shape index (κ3) is 2.05. The van der Waals surface area contributed by atoms with Gasteiger partial charge in [0.1, 0.15) is 11.3 Å². The van der Waals surface area contributed by atoms with E-state index >= 15 is 0 Å². The van der Waals surface area contributed by atoms with Crippen molar-refractivity contribution in [3.05, 3.63) is 41.4 Å². The van der Waals surface area contributed by atoms with Crippen LogP contribution in [0.15, 0.2) is 30.3 Å². The molecule has 2 aromatic carbocycles. The average molecular weight is 359 g/mol. The number of nitrogens with zero attached hydrogens (tertiary/aromatic N) is 2. The second-order valence-electron chi connectivity index (χ2n) is 5.57. The van der Waals surface area contributed by atoms with Crippen molar-refractivity contribution >= 4 is 22.5 Å². The molecule has 1 aromatic heterocycles. The van der Waals surface area contributed by atoms with Gasteiger partial charge >= 0.3 is 5.82 Å². The molecular formula is C17H11ClN2O5. The van der Waals surface area contributed by atoms with Gasteiger partial charge in [0.25, 0.3) is 0 Å². The topological polar surface area (TPSA) is 76.8 Å². The van der Waals surface area contributed by atoms with E-state index in [1.165, 1.54) is 0 Å². The molecule has 5 rings (SSSR count). The first kappa shape index (κ1) is 14.4. The molecule has 2 aliphatic rings. The predicted octanol–water partition coefficient (Wildman–Crippen LogP) is 2.73. The highest BCUT2D eigenvalue weighted by Crippen LogP contribution is 2.43. The Bertz CT molecular complexity index is 1020. The summed E-state index contributed by atoms with van der Waals surface area (Å²) in [6, 6.07) is 8.89. The molecule has 2 aliphatic heterocycles. The van der Waals surface area contributed by atoms with Crippen molar-refractivity contribution in [2.45, 2.75) is 5.88 Å². The Hall–Kier alpha value is -2.93. The maximum atomic E-state index is 12.9. The van der Waals surface area contributed by atoms with Crippen molar-refractivity contribution in [2.75, 3.05) is 13.6 Å². The zero-order valence-electron chi connectivity index (χ0n) is 12.8. The highest BCUT2D eigenvalue weighted by atomic mass is 35.5. The Balaban J connectivity index is 1.86. The minimum Gasteiger partial charge on any atom is -0.710 e. The van der Waals surface area contributed by atoms with Gasteiger partial charge in [-0.3, -0.25) is 0 Å². The molecule has 0 bridgehead atoms. The summed E-state index contributed by atoms with van der Waals surface area (Å²) in [6.07, 6.45) is 0. The molecule has 7 nitrogen and oxygen atoms in total. The molecule has 0 amide bonds. The van der Waals surface area contributed by atoms with E-state index in [2.05, 4.69) is 4.98 Å². The number of aromatic nitrogens is 2. The second-order valence-corrected chi connectivity index (χ2v) is 5.83. The van der Waals surface area contributed by atoms with Gasteiger partial charge in [0.2, 0.25) is 13.6 Å². The molecule has 0 saturated heterocycles. The number of fused-ring (bicyclic) bond motifs is 4. The monoisotopic (exact) mass is 358 g/mol. The van der Waals surface area contributed by atoms with Crippen LogP contribution in [0.25, 0.3) is 22.2 Å². The summed E-state index contributed by atoms with van der Waals surface area (Å²) in [7, 11) is 0. The van der Waals surface area contributed by atoms with E-state index in [1.807, 2.05) is 0 Å². The first-order valence-electron chi connectivity index (χ1n) is 7.57. The largest absolute Gasteiger partial charge is 0.710 e. The number of alkyl halides is 1. The highest BCUT2D eigenvalue weighted by Gasteiger charge is 2.28. The van der Waals surface area contributed by atoms with E-state index in [1.54, 1.807) is 30.3 Å². The number of hydrogen-bond acceptors (Lipinski definition) is 6. The fraction of sp³-hybridized carbons (Fsp3) is 0.176. The highest BCUT2D eigenvalue weighted by molar-refractivity contribution is 6.16. The average Bonchev–Trinajstić information content (AvgIpc) is 3.29. The fourth-order valence-electron chi connectivity index (χ4n) is 3.09. The summed E-state index contributed by atoms with van der Waals surface area (Å²) in [5.74, 6) is 2.51. The smallest absolute Gasteiger partial charge is 0.317 e. The maximum absolute atomic E-state index is 12.9. The van der Waals surface area contributed by atoms with Gasteiger partial charge < -0.3 is 24.2 Å². The van der Waals surface area contributed by atoms with E-state index in [0.29, 0.717) is 45.2 Å².